The molecule has 19 nitrogen and oxygen atoms in total. The molecule has 3 saturated heterocycles. The molecule has 0 aromatic heterocycles. The summed E-state index contributed by atoms with van der Waals surface area (Å²) in [5, 5.41) is 140. The summed E-state index contributed by atoms with van der Waals surface area (Å²) < 4.78 is 37.1. The van der Waals surface area contributed by atoms with Crippen molar-refractivity contribution < 1.29 is 94.8 Å². The van der Waals surface area contributed by atoms with Crippen molar-refractivity contribution in [3.8, 4) is 0 Å². The molecule has 3 unspecified atom stereocenters. The third-order valence-electron chi connectivity index (χ3n) is 19.1. The molecule has 4 saturated carbocycles. The summed E-state index contributed by atoms with van der Waals surface area (Å²) in [6, 6.07) is 0. The summed E-state index contributed by atoms with van der Waals surface area (Å²) >= 11 is 0. The molecule has 26 atom stereocenters. The van der Waals surface area contributed by atoms with E-state index in [4.69, 9.17) is 28.4 Å². The van der Waals surface area contributed by atoms with Crippen LogP contribution in [-0.2, 0) is 28.4 Å². The first-order chi connectivity index (χ1) is 31.3. The maximum atomic E-state index is 12.7. The van der Waals surface area contributed by atoms with Gasteiger partial charge in [0.25, 0.3) is 0 Å². The molecular weight excluding hydrogens is 881 g/mol. The molecule has 0 aromatic carbocycles. The first kappa shape index (κ1) is 53.8. The zero-order chi connectivity index (χ0) is 49.5. The van der Waals surface area contributed by atoms with Crippen LogP contribution in [0, 0.1) is 45.3 Å². The highest BCUT2D eigenvalue weighted by Gasteiger charge is 2.72. The second-order valence-electron chi connectivity index (χ2n) is 23.0. The van der Waals surface area contributed by atoms with Gasteiger partial charge in [0.1, 0.15) is 73.2 Å². The van der Waals surface area contributed by atoms with E-state index in [0.717, 1.165) is 19.3 Å². The lowest BCUT2D eigenvalue weighted by Gasteiger charge is -2.71. The average molecular weight is 963 g/mol. The smallest absolute Gasteiger partial charge is 0.187 e. The third-order valence-corrected chi connectivity index (χ3v) is 19.1. The number of aliphatic hydroxyl groups excluding tert-OH is 13. The molecule has 4 aliphatic carbocycles. The molecule has 3 aliphatic heterocycles. The van der Waals surface area contributed by atoms with Gasteiger partial charge in [-0.05, 0) is 117 Å². The maximum absolute atomic E-state index is 12.7. The topological polar surface area (TPSA) is 318 Å². The lowest BCUT2D eigenvalue weighted by atomic mass is 9.35. The van der Waals surface area contributed by atoms with Crippen molar-refractivity contribution in [3.63, 3.8) is 0 Å². The van der Waals surface area contributed by atoms with Crippen molar-refractivity contribution >= 4 is 0 Å². The van der Waals surface area contributed by atoms with E-state index < -0.39 is 147 Å². The normalized spacial score (nSPS) is 52.3. The van der Waals surface area contributed by atoms with Crippen molar-refractivity contribution in [1.29, 1.82) is 0 Å². The summed E-state index contributed by atoms with van der Waals surface area (Å²) in [6.45, 7) is 16.8. The standard InChI is InChI=1S/C48H82O19/c1-21(2)23(52)10-16-48(8,67-42-39(61)36(58)33(55)26(19-50)63-42)22-9-14-47(7)31(22)24(53)17-29-45(5)13-12-30(44(3,4)28(45)11-15-46(29,47)6)65-43-40(37(59)34(56)27(20-51)64-43)66-41-38(60)35(57)32(54)25(18-49)62-41/h22-43,49-61H,1,9-20H2,2-8H3/t22-,23?,24?,25+,26+,27+,28-,29+,30?,31-,32+,33+,34+,35-,36-,37-,38+,39+,40+,41-,42-,43-,45-,46+,47+,48-/m0/s1. The molecule has 0 spiro atoms. The molecule has 0 bridgehead atoms. The van der Waals surface area contributed by atoms with E-state index in [2.05, 4.69) is 41.2 Å². The molecule has 7 aliphatic rings. The van der Waals surface area contributed by atoms with E-state index in [1.54, 1.807) is 6.92 Å². The molecule has 7 rings (SSSR count). The quantitative estimate of drug-likeness (QED) is 0.0729. The predicted octanol–water partition coefficient (Wildman–Crippen LogP) is -1.06. The van der Waals surface area contributed by atoms with Crippen LogP contribution in [0.1, 0.15) is 106 Å². The summed E-state index contributed by atoms with van der Waals surface area (Å²) in [4.78, 5) is 0. The highest BCUT2D eigenvalue weighted by molar-refractivity contribution is 5.20. The van der Waals surface area contributed by atoms with Gasteiger partial charge in [0.2, 0.25) is 0 Å². The molecule has 7 fully saturated rings. The van der Waals surface area contributed by atoms with Gasteiger partial charge in [0, 0.05) is 0 Å². The molecule has 19 heteroatoms. The van der Waals surface area contributed by atoms with Crippen molar-refractivity contribution in [1.82, 2.24) is 0 Å². The van der Waals surface area contributed by atoms with E-state index in [9.17, 15) is 66.4 Å². The fourth-order valence-electron chi connectivity index (χ4n) is 14.9. The van der Waals surface area contributed by atoms with Gasteiger partial charge >= 0.3 is 0 Å². The van der Waals surface area contributed by atoms with Crippen LogP contribution in [0.15, 0.2) is 12.2 Å². The number of aliphatic hydroxyl groups is 13. The second-order valence-corrected chi connectivity index (χ2v) is 23.0. The van der Waals surface area contributed by atoms with Crippen LogP contribution in [0.2, 0.25) is 0 Å². The van der Waals surface area contributed by atoms with Crippen molar-refractivity contribution in [2.75, 3.05) is 19.8 Å². The average Bonchev–Trinajstić information content (AvgIpc) is 3.67. The minimum atomic E-state index is -1.80. The predicted molar refractivity (Wildman–Crippen MR) is 235 cm³/mol. The Bertz CT molecular complexity index is 1700. The van der Waals surface area contributed by atoms with Gasteiger partial charge in [-0.15, -0.1) is 0 Å². The van der Waals surface area contributed by atoms with E-state index in [-0.39, 0.29) is 40.9 Å². The Kier molecular flexibility index (Phi) is 15.9. The van der Waals surface area contributed by atoms with Gasteiger partial charge < -0.3 is 94.8 Å². The number of rotatable bonds is 14. The van der Waals surface area contributed by atoms with E-state index >= 15 is 0 Å². The van der Waals surface area contributed by atoms with Crippen LogP contribution in [0.25, 0.3) is 0 Å². The van der Waals surface area contributed by atoms with Crippen LogP contribution < -0.4 is 0 Å². The van der Waals surface area contributed by atoms with E-state index in [1.807, 2.05) is 6.92 Å². The number of hydrogen-bond acceptors (Lipinski definition) is 19. The molecule has 0 amide bonds. The van der Waals surface area contributed by atoms with Crippen LogP contribution in [0.4, 0.5) is 0 Å². The third kappa shape index (κ3) is 9.03. The summed E-state index contributed by atoms with van der Waals surface area (Å²) in [7, 11) is 0. The first-order valence-electron chi connectivity index (χ1n) is 24.5. The van der Waals surface area contributed by atoms with E-state index in [0.29, 0.717) is 37.7 Å². The Hall–Kier alpha value is -1.02. The molecule has 0 radical (unpaired) electrons. The number of ether oxygens (including phenoxy) is 6. The van der Waals surface area contributed by atoms with Crippen LogP contribution in [-0.4, -0.2) is 202 Å². The van der Waals surface area contributed by atoms with Crippen LogP contribution in [0.3, 0.4) is 0 Å². The van der Waals surface area contributed by atoms with Gasteiger partial charge in [-0.1, -0.05) is 46.8 Å². The monoisotopic (exact) mass is 963 g/mol. The molecule has 0 aromatic rings. The SMILES string of the molecule is C=C(C)C(O)CC[C@](C)(O[C@@H]1O[C@H](CO)[C@@H](O)[C@H](O)[C@H]1O)[C@H]1CC[C@]2(C)[C@@H]1C(O)C[C@@H]1[C@@]3(C)CCC(O[C@@H]4O[C@H](CO)[C@@H](O)[C@H](O)[C@H]4O[C@@H]4O[C@H](CO)[C@@H](O)[C@H](O)[C@H]4O)C(C)(C)[C@@H]3CC[C@]12C. The first-order valence-corrected chi connectivity index (χ1v) is 24.5. The van der Waals surface area contributed by atoms with Crippen molar-refractivity contribution in [3.05, 3.63) is 12.2 Å². The summed E-state index contributed by atoms with van der Waals surface area (Å²) in [5.74, 6) is -0.446. The minimum Gasteiger partial charge on any atom is -0.394 e. The van der Waals surface area contributed by atoms with Gasteiger partial charge in [0.15, 0.2) is 18.9 Å². The highest BCUT2D eigenvalue weighted by atomic mass is 16.8. The number of hydrogen-bond donors (Lipinski definition) is 13. The maximum Gasteiger partial charge on any atom is 0.187 e. The zero-order valence-corrected chi connectivity index (χ0v) is 40.2. The largest absolute Gasteiger partial charge is 0.394 e. The zero-order valence-electron chi connectivity index (χ0n) is 40.2. The van der Waals surface area contributed by atoms with Gasteiger partial charge in [-0.2, -0.15) is 0 Å². The Morgan fingerprint density at radius 2 is 1.16 bits per heavy atom. The second kappa shape index (κ2) is 19.8. The lowest BCUT2D eigenvalue weighted by Crippen LogP contribution is -2.68. The van der Waals surface area contributed by atoms with Crippen molar-refractivity contribution in [2.45, 2.75) is 222 Å². The van der Waals surface area contributed by atoms with Gasteiger partial charge in [-0.25, -0.2) is 0 Å². The fourth-order valence-corrected chi connectivity index (χ4v) is 14.9. The molecule has 388 valence electrons. The molecule has 67 heavy (non-hydrogen) atoms. The molecular formula is C48H82O19. The Labute approximate surface area is 393 Å². The molecule has 13 N–H and O–H groups in total. The molecule has 3 heterocycles. The van der Waals surface area contributed by atoms with Crippen molar-refractivity contribution in [2.24, 2.45) is 45.3 Å². The van der Waals surface area contributed by atoms with Gasteiger partial charge in [-0.3, -0.25) is 0 Å². The summed E-state index contributed by atoms with van der Waals surface area (Å²) in [5.41, 5.74) is -2.06. The summed E-state index contributed by atoms with van der Waals surface area (Å²) in [6.07, 6.45) is -19.9. The number of fused-ring (bicyclic) bond motifs is 5. The van der Waals surface area contributed by atoms with Crippen LogP contribution >= 0.6 is 0 Å². The Balaban J connectivity index is 1.13. The van der Waals surface area contributed by atoms with Gasteiger partial charge in [0.05, 0.1) is 43.7 Å². The lowest BCUT2D eigenvalue weighted by molar-refractivity contribution is -0.378. The van der Waals surface area contributed by atoms with Crippen LogP contribution in [0.5, 0.6) is 0 Å². The highest BCUT2D eigenvalue weighted by Crippen LogP contribution is 2.76. The Morgan fingerprint density at radius 3 is 1.73 bits per heavy atom. The fraction of sp³-hybridized carbons (Fsp3) is 0.958. The van der Waals surface area contributed by atoms with E-state index in [1.165, 1.54) is 0 Å². The minimum absolute atomic E-state index is 0.0563. The Morgan fingerprint density at radius 1 is 0.642 bits per heavy atom.